The Morgan fingerprint density at radius 3 is 2.11 bits per heavy atom. The first-order valence-corrected chi connectivity index (χ1v) is 16.7. The lowest BCUT2D eigenvalue weighted by Crippen LogP contribution is -2.47. The molecule has 0 heterocycles. The first-order valence-electron chi connectivity index (χ1n) is 10.0. The van der Waals surface area contributed by atoms with Crippen molar-refractivity contribution in [2.75, 3.05) is 20.5 Å². The number of esters is 1. The summed E-state index contributed by atoms with van der Waals surface area (Å²) in [7, 11) is -1.94. The predicted molar refractivity (Wildman–Crippen MR) is 118 cm³/mol. The van der Waals surface area contributed by atoms with Crippen LogP contribution in [-0.4, -0.2) is 61.4 Å². The molecule has 0 rings (SSSR count). The second-order valence-corrected chi connectivity index (χ2v) is 20.5. The van der Waals surface area contributed by atoms with E-state index in [1.54, 1.807) is 6.92 Å². The third-order valence-corrected chi connectivity index (χ3v) is 11.6. The molecule has 0 N–H and O–H groups in total. The number of methoxy groups -OCH3 is 1. The molecule has 0 aromatic carbocycles. The Morgan fingerprint density at radius 2 is 1.68 bits per heavy atom. The van der Waals surface area contributed by atoms with Gasteiger partial charge in [0.15, 0.2) is 8.32 Å². The van der Waals surface area contributed by atoms with Crippen LogP contribution >= 0.6 is 0 Å². The number of hydrogen-bond donors (Lipinski definition) is 0. The van der Waals surface area contributed by atoms with E-state index < -0.39 is 34.5 Å². The summed E-state index contributed by atoms with van der Waals surface area (Å²) in [6.45, 7) is 20.0. The van der Waals surface area contributed by atoms with Gasteiger partial charge in [0, 0.05) is 21.1 Å². The molecule has 3 atom stereocenters. The molecule has 0 aromatic heterocycles. The standard InChI is InChI=1S/C20H42O6Si2/c1-16(19(22)23-5)18(26-28(9,10)20(2,3)4)13-17(14-21)25-15-24-11-12-27(6,7)8/h14,16-18H,11-13,15H2,1-10H3/t16-,17-,18-/m1/s1. The third kappa shape index (κ3) is 10.3. The lowest BCUT2D eigenvalue weighted by atomic mass is 10.00. The minimum atomic E-state index is -2.14. The van der Waals surface area contributed by atoms with Crippen molar-refractivity contribution in [2.45, 2.75) is 90.1 Å². The summed E-state index contributed by atoms with van der Waals surface area (Å²) in [5.74, 6) is -0.835. The van der Waals surface area contributed by atoms with Crippen LogP contribution in [0.5, 0.6) is 0 Å². The van der Waals surface area contributed by atoms with Crippen molar-refractivity contribution in [3.63, 3.8) is 0 Å². The monoisotopic (exact) mass is 434 g/mol. The van der Waals surface area contributed by atoms with Crippen molar-refractivity contribution >= 4 is 28.6 Å². The molecule has 0 saturated carbocycles. The summed E-state index contributed by atoms with van der Waals surface area (Å²) in [5, 5.41) is -0.0153. The minimum absolute atomic E-state index is 0.0153. The zero-order valence-corrected chi connectivity index (χ0v) is 21.6. The molecule has 166 valence electrons. The van der Waals surface area contributed by atoms with E-state index in [1.807, 2.05) is 0 Å². The van der Waals surface area contributed by atoms with E-state index in [2.05, 4.69) is 53.5 Å². The summed E-state index contributed by atoms with van der Waals surface area (Å²) in [4.78, 5) is 23.7. The van der Waals surface area contributed by atoms with E-state index in [-0.39, 0.29) is 17.8 Å². The molecule has 0 amide bonds. The topological polar surface area (TPSA) is 71.1 Å². The molecule has 28 heavy (non-hydrogen) atoms. The van der Waals surface area contributed by atoms with E-state index in [0.717, 1.165) is 12.3 Å². The zero-order valence-electron chi connectivity index (χ0n) is 19.6. The van der Waals surface area contributed by atoms with Crippen molar-refractivity contribution in [3.8, 4) is 0 Å². The quantitative estimate of drug-likeness (QED) is 0.140. The molecule has 6 nitrogen and oxygen atoms in total. The molecule has 0 aliphatic heterocycles. The fourth-order valence-electron chi connectivity index (χ4n) is 2.21. The molecular formula is C20H42O6Si2. The second kappa shape index (κ2) is 11.6. The van der Waals surface area contributed by atoms with Gasteiger partial charge in [-0.1, -0.05) is 40.4 Å². The van der Waals surface area contributed by atoms with E-state index in [4.69, 9.17) is 18.6 Å². The highest BCUT2D eigenvalue weighted by atomic mass is 28.4. The first kappa shape index (κ1) is 27.5. The Hall–Kier alpha value is -0.546. The molecule has 0 aromatic rings. The Labute approximate surface area is 173 Å². The Bertz CT molecular complexity index is 482. The summed E-state index contributed by atoms with van der Waals surface area (Å²) in [6, 6.07) is 1.04. The lowest BCUT2D eigenvalue weighted by Gasteiger charge is -2.41. The predicted octanol–water partition coefficient (Wildman–Crippen LogP) is 4.47. The van der Waals surface area contributed by atoms with Gasteiger partial charge in [0.25, 0.3) is 0 Å². The van der Waals surface area contributed by atoms with Crippen LogP contribution in [0.1, 0.15) is 34.1 Å². The molecule has 0 aliphatic rings. The SMILES string of the molecule is COC(=O)[C@H](C)[C@@H](C[C@H](C=O)OCOCC[Si](C)(C)C)O[Si](C)(C)C(C)(C)C. The highest BCUT2D eigenvalue weighted by Gasteiger charge is 2.42. The number of aldehydes is 1. The Morgan fingerprint density at radius 1 is 1.11 bits per heavy atom. The van der Waals surface area contributed by atoms with Gasteiger partial charge >= 0.3 is 5.97 Å². The molecule has 0 unspecified atom stereocenters. The van der Waals surface area contributed by atoms with Gasteiger partial charge in [0.1, 0.15) is 19.2 Å². The molecule has 0 fully saturated rings. The molecule has 0 spiro atoms. The fourth-order valence-corrected chi connectivity index (χ4v) is 4.38. The van der Waals surface area contributed by atoms with Gasteiger partial charge in [-0.3, -0.25) is 4.79 Å². The smallest absolute Gasteiger partial charge is 0.310 e. The van der Waals surface area contributed by atoms with Gasteiger partial charge < -0.3 is 23.4 Å². The molecule has 0 bridgehead atoms. The second-order valence-electron chi connectivity index (χ2n) is 10.1. The van der Waals surface area contributed by atoms with Gasteiger partial charge in [-0.15, -0.1) is 0 Å². The highest BCUT2D eigenvalue weighted by molar-refractivity contribution is 6.76. The van der Waals surface area contributed by atoms with Gasteiger partial charge in [-0.2, -0.15) is 0 Å². The molecular weight excluding hydrogens is 392 g/mol. The van der Waals surface area contributed by atoms with Crippen molar-refractivity contribution in [1.82, 2.24) is 0 Å². The van der Waals surface area contributed by atoms with Crippen molar-refractivity contribution in [3.05, 3.63) is 0 Å². The van der Waals surface area contributed by atoms with Gasteiger partial charge in [0.2, 0.25) is 0 Å². The van der Waals surface area contributed by atoms with Crippen molar-refractivity contribution in [1.29, 1.82) is 0 Å². The molecule has 8 heteroatoms. The molecule has 0 aliphatic carbocycles. The fraction of sp³-hybridized carbons (Fsp3) is 0.900. The van der Waals surface area contributed by atoms with Crippen LogP contribution in [0.3, 0.4) is 0 Å². The summed E-state index contributed by atoms with van der Waals surface area (Å²) >= 11 is 0. The maximum atomic E-state index is 12.1. The number of carbonyl (C=O) groups excluding carboxylic acids is 2. The maximum Gasteiger partial charge on any atom is 0.310 e. The lowest BCUT2D eigenvalue weighted by molar-refractivity contribution is -0.151. The van der Waals surface area contributed by atoms with Crippen molar-refractivity contribution < 1.29 is 28.2 Å². The summed E-state index contributed by atoms with van der Waals surface area (Å²) < 4.78 is 22.5. The molecule has 0 saturated heterocycles. The van der Waals surface area contributed by atoms with E-state index in [0.29, 0.717) is 13.0 Å². The first-order chi connectivity index (χ1) is 12.6. The number of carbonyl (C=O) groups is 2. The van der Waals surface area contributed by atoms with Gasteiger partial charge in [-0.25, -0.2) is 0 Å². The number of rotatable bonds is 13. The van der Waals surface area contributed by atoms with Crippen LogP contribution in [0.25, 0.3) is 0 Å². The van der Waals surface area contributed by atoms with Crippen molar-refractivity contribution in [2.24, 2.45) is 5.92 Å². The highest BCUT2D eigenvalue weighted by Crippen LogP contribution is 2.38. The number of hydrogen-bond acceptors (Lipinski definition) is 6. The number of ether oxygens (including phenoxy) is 3. The van der Waals surface area contributed by atoms with Crippen LogP contribution < -0.4 is 0 Å². The van der Waals surface area contributed by atoms with Crippen LogP contribution in [0, 0.1) is 5.92 Å². The largest absolute Gasteiger partial charge is 0.469 e. The van der Waals surface area contributed by atoms with Gasteiger partial charge in [0.05, 0.1) is 19.1 Å². The summed E-state index contributed by atoms with van der Waals surface area (Å²) in [5.41, 5.74) is 0. The average molecular weight is 435 g/mol. The Balaban J connectivity index is 4.98. The maximum absolute atomic E-state index is 12.1. The van der Waals surface area contributed by atoms with E-state index in [1.165, 1.54) is 7.11 Å². The van der Waals surface area contributed by atoms with Crippen LogP contribution in [0.15, 0.2) is 0 Å². The normalized spacial score (nSPS) is 16.4. The van der Waals surface area contributed by atoms with E-state index >= 15 is 0 Å². The minimum Gasteiger partial charge on any atom is -0.469 e. The van der Waals surface area contributed by atoms with Crippen LogP contribution in [0.2, 0.25) is 43.8 Å². The van der Waals surface area contributed by atoms with Gasteiger partial charge in [-0.05, 0) is 31.1 Å². The van der Waals surface area contributed by atoms with Crippen LogP contribution in [-0.2, 0) is 28.2 Å². The third-order valence-electron chi connectivity index (χ3n) is 5.36. The summed E-state index contributed by atoms with van der Waals surface area (Å²) in [6.07, 6.45) is -0.0865. The molecule has 0 radical (unpaired) electrons. The average Bonchev–Trinajstić information content (AvgIpc) is 2.55. The Kier molecular flexibility index (Phi) is 11.4. The van der Waals surface area contributed by atoms with E-state index in [9.17, 15) is 9.59 Å². The zero-order chi connectivity index (χ0) is 22.2. The van der Waals surface area contributed by atoms with Crippen LogP contribution in [0.4, 0.5) is 0 Å².